The molecule has 2 heteroatoms. The van der Waals surface area contributed by atoms with Crippen LogP contribution in [0.15, 0.2) is 0 Å². The van der Waals surface area contributed by atoms with Crippen molar-refractivity contribution in [3.63, 3.8) is 0 Å². The van der Waals surface area contributed by atoms with Gasteiger partial charge < -0.3 is 5.32 Å². The van der Waals surface area contributed by atoms with Crippen molar-refractivity contribution in [1.29, 1.82) is 0 Å². The van der Waals surface area contributed by atoms with E-state index < -0.39 is 0 Å². The summed E-state index contributed by atoms with van der Waals surface area (Å²) in [5, 5.41) is 3.80. The summed E-state index contributed by atoms with van der Waals surface area (Å²) in [7, 11) is 0. The lowest BCUT2D eigenvalue weighted by Gasteiger charge is -2.57. The van der Waals surface area contributed by atoms with E-state index in [-0.39, 0.29) is 0 Å². The molecule has 2 rings (SSSR count). The molecule has 106 valence electrons. The number of nitrogens with one attached hydrogen (secondary N) is 1. The molecule has 18 heavy (non-hydrogen) atoms. The zero-order chi connectivity index (χ0) is 13.6. The molecule has 0 aromatic heterocycles. The highest BCUT2D eigenvalue weighted by Gasteiger charge is 2.46. The van der Waals surface area contributed by atoms with Gasteiger partial charge in [-0.05, 0) is 37.5 Å². The van der Waals surface area contributed by atoms with Gasteiger partial charge in [0.2, 0.25) is 0 Å². The Hall–Kier alpha value is -0.0800. The number of hydrogen-bond acceptors (Lipinski definition) is 2. The molecule has 0 amide bonds. The highest BCUT2D eigenvalue weighted by Crippen LogP contribution is 2.41. The molecule has 0 aromatic rings. The SMILES string of the molecule is CC(C)C1CNC(C(C)(C)C)CN1C1(C)CCC1. The molecular weight excluding hydrogens is 220 g/mol. The zero-order valence-electron chi connectivity index (χ0n) is 13.2. The smallest absolute Gasteiger partial charge is 0.0249 e. The van der Waals surface area contributed by atoms with E-state index >= 15 is 0 Å². The van der Waals surface area contributed by atoms with Crippen LogP contribution in [0, 0.1) is 11.3 Å². The van der Waals surface area contributed by atoms with Crippen LogP contribution in [0.2, 0.25) is 0 Å². The third kappa shape index (κ3) is 2.60. The predicted molar refractivity (Wildman–Crippen MR) is 78.8 cm³/mol. The van der Waals surface area contributed by atoms with E-state index in [2.05, 4.69) is 51.8 Å². The van der Waals surface area contributed by atoms with Crippen LogP contribution in [0.5, 0.6) is 0 Å². The Bertz CT molecular complexity index is 286. The lowest BCUT2D eigenvalue weighted by Crippen LogP contribution is -2.68. The summed E-state index contributed by atoms with van der Waals surface area (Å²) >= 11 is 0. The van der Waals surface area contributed by atoms with E-state index in [0.29, 0.717) is 23.0 Å². The molecule has 1 saturated carbocycles. The highest BCUT2D eigenvalue weighted by molar-refractivity contribution is 5.03. The van der Waals surface area contributed by atoms with Crippen molar-refractivity contribution in [3.8, 4) is 0 Å². The minimum absolute atomic E-state index is 0.361. The molecular formula is C16H32N2. The van der Waals surface area contributed by atoms with Gasteiger partial charge in [-0.2, -0.15) is 0 Å². The molecule has 2 atom stereocenters. The first-order valence-corrected chi connectivity index (χ1v) is 7.74. The fourth-order valence-corrected chi connectivity index (χ4v) is 3.54. The van der Waals surface area contributed by atoms with Crippen LogP contribution in [-0.4, -0.2) is 35.6 Å². The third-order valence-electron chi connectivity index (χ3n) is 5.29. The van der Waals surface area contributed by atoms with Gasteiger partial charge in [-0.25, -0.2) is 0 Å². The van der Waals surface area contributed by atoms with Crippen molar-refractivity contribution in [2.45, 2.75) is 78.4 Å². The monoisotopic (exact) mass is 252 g/mol. The molecule has 1 aliphatic heterocycles. The summed E-state index contributed by atoms with van der Waals surface area (Å²) in [4.78, 5) is 2.84. The summed E-state index contributed by atoms with van der Waals surface area (Å²) in [5.41, 5.74) is 0.848. The molecule has 1 saturated heterocycles. The van der Waals surface area contributed by atoms with Crippen LogP contribution < -0.4 is 5.32 Å². The Balaban J connectivity index is 2.14. The molecule has 2 aliphatic rings. The first-order chi connectivity index (χ1) is 8.24. The second-order valence-corrected chi connectivity index (χ2v) is 8.14. The van der Waals surface area contributed by atoms with Crippen LogP contribution >= 0.6 is 0 Å². The van der Waals surface area contributed by atoms with Crippen molar-refractivity contribution in [2.75, 3.05) is 13.1 Å². The number of rotatable bonds is 2. The number of piperazine rings is 1. The molecule has 0 radical (unpaired) electrons. The van der Waals surface area contributed by atoms with Gasteiger partial charge in [-0.1, -0.05) is 34.6 Å². The Morgan fingerprint density at radius 3 is 2.22 bits per heavy atom. The van der Waals surface area contributed by atoms with Gasteiger partial charge in [0, 0.05) is 30.7 Å². The van der Waals surface area contributed by atoms with Gasteiger partial charge in [0.05, 0.1) is 0 Å². The van der Waals surface area contributed by atoms with E-state index in [1.54, 1.807) is 0 Å². The van der Waals surface area contributed by atoms with E-state index in [1.807, 2.05) is 0 Å². The standard InChI is InChI=1S/C16H32N2/c1-12(2)13-10-17-14(15(3,4)5)11-18(13)16(6)8-7-9-16/h12-14,17H,7-11H2,1-6H3. The zero-order valence-corrected chi connectivity index (χ0v) is 13.2. The second-order valence-electron chi connectivity index (χ2n) is 8.14. The minimum Gasteiger partial charge on any atom is -0.311 e. The van der Waals surface area contributed by atoms with E-state index in [9.17, 15) is 0 Å². The Kier molecular flexibility index (Phi) is 3.81. The van der Waals surface area contributed by atoms with Crippen LogP contribution in [0.4, 0.5) is 0 Å². The molecule has 2 nitrogen and oxygen atoms in total. The average molecular weight is 252 g/mol. The summed E-state index contributed by atoms with van der Waals surface area (Å²) < 4.78 is 0. The Labute approximate surface area is 114 Å². The van der Waals surface area contributed by atoms with E-state index in [1.165, 1.54) is 25.8 Å². The van der Waals surface area contributed by atoms with Crippen LogP contribution in [0.3, 0.4) is 0 Å². The molecule has 0 aromatic carbocycles. The fraction of sp³-hybridized carbons (Fsp3) is 1.00. The summed E-state index contributed by atoms with van der Waals surface area (Å²) in [6.45, 7) is 16.7. The maximum absolute atomic E-state index is 3.80. The third-order valence-corrected chi connectivity index (χ3v) is 5.29. The predicted octanol–water partition coefficient (Wildman–Crippen LogP) is 3.27. The summed E-state index contributed by atoms with van der Waals surface area (Å²) in [6, 6.07) is 1.35. The van der Waals surface area contributed by atoms with Gasteiger partial charge >= 0.3 is 0 Å². The second kappa shape index (κ2) is 4.79. The minimum atomic E-state index is 0.361. The molecule has 1 N–H and O–H groups in total. The van der Waals surface area contributed by atoms with E-state index in [0.717, 1.165) is 12.5 Å². The quantitative estimate of drug-likeness (QED) is 0.811. The van der Waals surface area contributed by atoms with Gasteiger partial charge in [-0.15, -0.1) is 0 Å². The Morgan fingerprint density at radius 2 is 1.83 bits per heavy atom. The molecule has 1 heterocycles. The first kappa shape index (κ1) is 14.3. The molecule has 0 spiro atoms. The maximum atomic E-state index is 3.80. The van der Waals surface area contributed by atoms with Crippen molar-refractivity contribution in [3.05, 3.63) is 0 Å². The van der Waals surface area contributed by atoms with Gasteiger partial charge in [0.15, 0.2) is 0 Å². The highest BCUT2D eigenvalue weighted by atomic mass is 15.3. The van der Waals surface area contributed by atoms with E-state index in [4.69, 9.17) is 0 Å². The van der Waals surface area contributed by atoms with Crippen molar-refractivity contribution < 1.29 is 0 Å². The molecule has 2 unspecified atom stereocenters. The fourth-order valence-electron chi connectivity index (χ4n) is 3.54. The van der Waals surface area contributed by atoms with Crippen molar-refractivity contribution in [2.24, 2.45) is 11.3 Å². The topological polar surface area (TPSA) is 15.3 Å². The lowest BCUT2D eigenvalue weighted by molar-refractivity contribution is -0.0551. The summed E-state index contributed by atoms with van der Waals surface area (Å²) in [6.07, 6.45) is 4.21. The van der Waals surface area contributed by atoms with Crippen LogP contribution in [0.25, 0.3) is 0 Å². The number of hydrogen-bond donors (Lipinski definition) is 1. The molecule has 2 fully saturated rings. The van der Waals surface area contributed by atoms with Gasteiger partial charge in [-0.3, -0.25) is 4.90 Å². The molecule has 0 bridgehead atoms. The lowest BCUT2D eigenvalue weighted by atomic mass is 9.73. The molecule has 1 aliphatic carbocycles. The van der Waals surface area contributed by atoms with Gasteiger partial charge in [0.25, 0.3) is 0 Å². The van der Waals surface area contributed by atoms with Crippen LogP contribution in [0.1, 0.15) is 60.8 Å². The Morgan fingerprint density at radius 1 is 1.22 bits per heavy atom. The normalized spacial score (nSPS) is 33.5. The van der Waals surface area contributed by atoms with Crippen molar-refractivity contribution in [1.82, 2.24) is 10.2 Å². The van der Waals surface area contributed by atoms with Gasteiger partial charge in [0.1, 0.15) is 0 Å². The largest absolute Gasteiger partial charge is 0.311 e. The average Bonchev–Trinajstić information content (AvgIpc) is 2.23. The number of nitrogens with zero attached hydrogens (tertiary/aromatic N) is 1. The first-order valence-electron chi connectivity index (χ1n) is 7.74. The maximum Gasteiger partial charge on any atom is 0.0249 e. The van der Waals surface area contributed by atoms with Crippen molar-refractivity contribution >= 4 is 0 Å². The summed E-state index contributed by atoms with van der Waals surface area (Å²) in [5.74, 6) is 0.746. The van der Waals surface area contributed by atoms with Crippen LogP contribution in [-0.2, 0) is 0 Å².